The first-order chi connectivity index (χ1) is 7.61. The van der Waals surface area contributed by atoms with Crippen molar-refractivity contribution in [3.05, 3.63) is 30.0 Å². The van der Waals surface area contributed by atoms with Crippen molar-refractivity contribution in [1.82, 2.24) is 4.57 Å². The molecule has 84 valence electrons. The summed E-state index contributed by atoms with van der Waals surface area (Å²) in [4.78, 5) is 10.7. The van der Waals surface area contributed by atoms with Crippen molar-refractivity contribution in [2.45, 2.75) is 6.42 Å². The third kappa shape index (κ3) is 1.74. The number of nitrogens with zero attached hydrogens (tertiary/aromatic N) is 1. The summed E-state index contributed by atoms with van der Waals surface area (Å²) in [5.74, 6) is -0.229. The second-order valence-corrected chi connectivity index (χ2v) is 3.72. The Labute approximate surface area is 93.1 Å². The predicted molar refractivity (Wildman–Crippen MR) is 60.8 cm³/mol. The number of rotatable bonds is 3. The maximum absolute atomic E-state index is 10.7. The van der Waals surface area contributed by atoms with Crippen molar-refractivity contribution in [2.24, 2.45) is 7.05 Å². The van der Waals surface area contributed by atoms with Gasteiger partial charge in [0.05, 0.1) is 13.5 Å². The van der Waals surface area contributed by atoms with Gasteiger partial charge in [-0.15, -0.1) is 0 Å². The Hall–Kier alpha value is -1.97. The summed E-state index contributed by atoms with van der Waals surface area (Å²) >= 11 is 0. The summed E-state index contributed by atoms with van der Waals surface area (Å²) in [6.45, 7) is 0. The number of methoxy groups -OCH3 is 1. The van der Waals surface area contributed by atoms with E-state index in [1.807, 2.05) is 36.0 Å². The highest BCUT2D eigenvalue weighted by atomic mass is 16.5. The maximum Gasteiger partial charge on any atom is 0.307 e. The summed E-state index contributed by atoms with van der Waals surface area (Å²) in [5.41, 5.74) is 1.71. The van der Waals surface area contributed by atoms with Gasteiger partial charge in [-0.2, -0.15) is 0 Å². The fourth-order valence-electron chi connectivity index (χ4n) is 1.83. The van der Waals surface area contributed by atoms with E-state index in [9.17, 15) is 4.79 Å². The Kier molecular flexibility index (Phi) is 2.56. The predicted octanol–water partition coefficient (Wildman–Crippen LogP) is 1.81. The average Bonchev–Trinajstić information content (AvgIpc) is 2.58. The van der Waals surface area contributed by atoms with Gasteiger partial charge in [0.1, 0.15) is 5.75 Å². The van der Waals surface area contributed by atoms with E-state index < -0.39 is 5.97 Å². The number of hydrogen-bond donors (Lipinski definition) is 1. The van der Waals surface area contributed by atoms with Gasteiger partial charge >= 0.3 is 5.97 Å². The van der Waals surface area contributed by atoms with Crippen LogP contribution in [0.5, 0.6) is 5.75 Å². The zero-order valence-electron chi connectivity index (χ0n) is 9.23. The highest BCUT2D eigenvalue weighted by molar-refractivity contribution is 5.84. The summed E-state index contributed by atoms with van der Waals surface area (Å²) in [5, 5.41) is 9.87. The van der Waals surface area contributed by atoms with Gasteiger partial charge in [0.25, 0.3) is 0 Å². The van der Waals surface area contributed by atoms with E-state index >= 15 is 0 Å². The van der Waals surface area contributed by atoms with E-state index in [0.717, 1.165) is 10.9 Å². The molecule has 0 fully saturated rings. The maximum atomic E-state index is 10.7. The molecule has 2 rings (SSSR count). The lowest BCUT2D eigenvalue weighted by atomic mass is 10.1. The first-order valence-electron chi connectivity index (χ1n) is 4.95. The minimum atomic E-state index is -0.855. The van der Waals surface area contributed by atoms with Gasteiger partial charge < -0.3 is 14.4 Å². The first-order valence-corrected chi connectivity index (χ1v) is 4.95. The van der Waals surface area contributed by atoms with Crippen LogP contribution >= 0.6 is 0 Å². The topological polar surface area (TPSA) is 51.5 Å². The number of hydrogen-bond acceptors (Lipinski definition) is 2. The lowest BCUT2D eigenvalue weighted by Crippen LogP contribution is -2.02. The second kappa shape index (κ2) is 3.89. The van der Waals surface area contributed by atoms with Crippen LogP contribution in [-0.4, -0.2) is 22.8 Å². The van der Waals surface area contributed by atoms with Crippen molar-refractivity contribution in [1.29, 1.82) is 0 Å². The number of ether oxygens (including phenoxy) is 1. The molecule has 0 aliphatic heterocycles. The van der Waals surface area contributed by atoms with Crippen molar-refractivity contribution in [2.75, 3.05) is 7.11 Å². The molecule has 0 atom stereocenters. The minimum Gasteiger partial charge on any atom is -0.496 e. The average molecular weight is 219 g/mol. The molecule has 0 unspecified atom stereocenters. The van der Waals surface area contributed by atoms with Gasteiger partial charge in [-0.3, -0.25) is 4.79 Å². The molecule has 0 aliphatic carbocycles. The van der Waals surface area contributed by atoms with E-state index in [4.69, 9.17) is 9.84 Å². The monoisotopic (exact) mass is 219 g/mol. The standard InChI is InChI=1S/C12H13NO3/c1-13-4-3-8-6-11(16-2)9(5-10(8)13)7-12(14)15/h3-6H,7H2,1-2H3,(H,14,15). The van der Waals surface area contributed by atoms with Crippen LogP contribution in [0.2, 0.25) is 0 Å². The zero-order chi connectivity index (χ0) is 11.7. The zero-order valence-corrected chi connectivity index (χ0v) is 9.23. The van der Waals surface area contributed by atoms with Crippen molar-refractivity contribution in [3.63, 3.8) is 0 Å². The van der Waals surface area contributed by atoms with E-state index in [-0.39, 0.29) is 6.42 Å². The Bertz CT molecular complexity index is 542. The molecule has 4 heteroatoms. The molecule has 0 saturated carbocycles. The molecule has 0 aliphatic rings. The Morgan fingerprint density at radius 2 is 2.25 bits per heavy atom. The molecule has 0 spiro atoms. The fourth-order valence-corrected chi connectivity index (χ4v) is 1.83. The van der Waals surface area contributed by atoms with Crippen LogP contribution in [0.25, 0.3) is 10.9 Å². The summed E-state index contributed by atoms with van der Waals surface area (Å²) in [7, 11) is 3.48. The second-order valence-electron chi connectivity index (χ2n) is 3.72. The third-order valence-corrected chi connectivity index (χ3v) is 2.63. The van der Waals surface area contributed by atoms with Gasteiger partial charge in [-0.05, 0) is 18.2 Å². The number of carbonyl (C=O) groups is 1. The number of benzene rings is 1. The Morgan fingerprint density at radius 3 is 2.88 bits per heavy atom. The molecule has 1 aromatic heterocycles. The van der Waals surface area contributed by atoms with Gasteiger partial charge in [-0.25, -0.2) is 0 Å². The van der Waals surface area contributed by atoms with Crippen LogP contribution in [0.4, 0.5) is 0 Å². The Balaban J connectivity index is 2.60. The quantitative estimate of drug-likeness (QED) is 0.856. The highest BCUT2D eigenvalue weighted by Gasteiger charge is 2.10. The van der Waals surface area contributed by atoms with Crippen LogP contribution < -0.4 is 4.74 Å². The molecule has 1 N–H and O–H groups in total. The van der Waals surface area contributed by atoms with Crippen LogP contribution in [0.1, 0.15) is 5.56 Å². The van der Waals surface area contributed by atoms with Gasteiger partial charge in [-0.1, -0.05) is 0 Å². The largest absolute Gasteiger partial charge is 0.496 e. The fraction of sp³-hybridized carbons (Fsp3) is 0.250. The van der Waals surface area contributed by atoms with Gasteiger partial charge in [0.15, 0.2) is 0 Å². The molecule has 16 heavy (non-hydrogen) atoms. The SMILES string of the molecule is COc1cc2ccn(C)c2cc1CC(=O)O. The number of carboxylic acid groups (broad SMARTS) is 1. The summed E-state index contributed by atoms with van der Waals surface area (Å²) < 4.78 is 7.15. The number of aryl methyl sites for hydroxylation is 1. The number of fused-ring (bicyclic) bond motifs is 1. The molecule has 0 saturated heterocycles. The minimum absolute atomic E-state index is 0.0235. The molecule has 1 aromatic carbocycles. The van der Waals surface area contributed by atoms with Crippen LogP contribution in [0.3, 0.4) is 0 Å². The summed E-state index contributed by atoms with van der Waals surface area (Å²) in [6.07, 6.45) is 1.92. The van der Waals surface area contributed by atoms with Crippen molar-refractivity contribution in [3.8, 4) is 5.75 Å². The lowest BCUT2D eigenvalue weighted by molar-refractivity contribution is -0.136. The molecular formula is C12H13NO3. The van der Waals surface area contributed by atoms with Crippen molar-refractivity contribution < 1.29 is 14.6 Å². The Morgan fingerprint density at radius 1 is 1.50 bits per heavy atom. The first kappa shape index (κ1) is 10.5. The number of aromatic nitrogens is 1. The van der Waals surface area contributed by atoms with E-state index in [2.05, 4.69) is 0 Å². The molecule has 0 amide bonds. The lowest BCUT2D eigenvalue weighted by Gasteiger charge is -2.07. The molecule has 0 radical (unpaired) electrons. The van der Waals surface area contributed by atoms with Gasteiger partial charge in [0.2, 0.25) is 0 Å². The van der Waals surface area contributed by atoms with Gasteiger partial charge in [0, 0.05) is 29.7 Å². The van der Waals surface area contributed by atoms with Crippen LogP contribution in [0, 0.1) is 0 Å². The van der Waals surface area contributed by atoms with E-state index in [1.165, 1.54) is 0 Å². The molecular weight excluding hydrogens is 206 g/mol. The molecule has 0 bridgehead atoms. The molecule has 4 nitrogen and oxygen atoms in total. The smallest absolute Gasteiger partial charge is 0.307 e. The van der Waals surface area contributed by atoms with Crippen LogP contribution in [0.15, 0.2) is 24.4 Å². The highest BCUT2D eigenvalue weighted by Crippen LogP contribution is 2.26. The summed E-state index contributed by atoms with van der Waals surface area (Å²) in [6, 6.07) is 5.71. The number of carboxylic acids is 1. The normalized spacial score (nSPS) is 10.6. The third-order valence-electron chi connectivity index (χ3n) is 2.63. The van der Waals surface area contributed by atoms with Crippen molar-refractivity contribution >= 4 is 16.9 Å². The van der Waals surface area contributed by atoms with E-state index in [1.54, 1.807) is 7.11 Å². The molecule has 2 aromatic rings. The van der Waals surface area contributed by atoms with Crippen LogP contribution in [-0.2, 0) is 18.3 Å². The molecule has 1 heterocycles. The van der Waals surface area contributed by atoms with E-state index in [0.29, 0.717) is 11.3 Å². The number of aliphatic carboxylic acids is 1.